The number of anilines is 1. The van der Waals surface area contributed by atoms with Gasteiger partial charge in [-0.2, -0.15) is 0 Å². The molecule has 0 aromatic heterocycles. The number of carbonyl (C=O) groups is 5. The van der Waals surface area contributed by atoms with Crippen molar-refractivity contribution < 1.29 is 69.2 Å². The molecule has 61 heavy (non-hydrogen) atoms. The summed E-state index contributed by atoms with van der Waals surface area (Å²) in [5, 5.41) is 86.0. The number of hydrogen-bond acceptors (Lipinski definition) is 15. The largest absolute Gasteiger partial charge is 0.508 e. The zero-order chi connectivity index (χ0) is 45.3. The van der Waals surface area contributed by atoms with Crippen LogP contribution in [0.3, 0.4) is 0 Å². The maximum absolute atomic E-state index is 16.8. The Morgan fingerprint density at radius 2 is 1.61 bits per heavy atom. The van der Waals surface area contributed by atoms with Crippen molar-refractivity contribution in [2.24, 2.45) is 40.2 Å². The minimum Gasteiger partial charge on any atom is -0.508 e. The maximum Gasteiger partial charge on any atom is 0.255 e. The first-order chi connectivity index (χ1) is 28.3. The molecule has 0 radical (unpaired) electrons. The summed E-state index contributed by atoms with van der Waals surface area (Å²) in [6, 6.07) is 2.01. The number of nitrogens with zero attached hydrogens (tertiary/aromatic N) is 2. The van der Waals surface area contributed by atoms with Gasteiger partial charge in [-0.3, -0.25) is 28.9 Å². The number of hydrogen-bond donors (Lipinski definition) is 9. The predicted octanol–water partition coefficient (Wildman–Crippen LogP) is 0.651. The van der Waals surface area contributed by atoms with Gasteiger partial charge in [0, 0.05) is 48.0 Å². The van der Waals surface area contributed by atoms with Crippen molar-refractivity contribution in [1.29, 1.82) is 0 Å². The molecular weight excluding hydrogens is 797 g/mol. The highest BCUT2D eigenvalue weighted by molar-refractivity contribution is 6.24. The second-order valence-electron chi connectivity index (χ2n) is 18.7. The molecule has 10 N–H and O–H groups in total. The molecule has 8 rings (SSSR count). The van der Waals surface area contributed by atoms with E-state index in [0.717, 1.165) is 5.69 Å². The van der Waals surface area contributed by atoms with Crippen LogP contribution in [0.2, 0.25) is 0 Å². The van der Waals surface area contributed by atoms with Gasteiger partial charge in [0.2, 0.25) is 5.78 Å². The van der Waals surface area contributed by atoms with Crippen LogP contribution < -0.4 is 10.6 Å². The number of halogens is 1. The normalized spacial score (nSPS) is 39.9. The monoisotopic (exact) mass is 851 g/mol. The topological polar surface area (TPSA) is 280 Å². The Balaban J connectivity index is 0.000000186. The van der Waals surface area contributed by atoms with Crippen LogP contribution >= 0.6 is 0 Å². The highest BCUT2D eigenvalue weighted by atomic mass is 19.1. The number of fused-ring (bicyclic) bond motifs is 8. The van der Waals surface area contributed by atoms with E-state index in [1.165, 1.54) is 29.2 Å². The van der Waals surface area contributed by atoms with E-state index < -0.39 is 117 Å². The predicted molar refractivity (Wildman–Crippen MR) is 215 cm³/mol. The number of phenols is 1. The quantitative estimate of drug-likeness (QED) is 0.184. The molecule has 7 aliphatic carbocycles. The Morgan fingerprint density at radius 3 is 2.20 bits per heavy atom. The first-order valence-corrected chi connectivity index (χ1v) is 20.3. The van der Waals surface area contributed by atoms with Crippen LogP contribution in [0.15, 0.2) is 52.8 Å². The van der Waals surface area contributed by atoms with Crippen LogP contribution in [0.4, 0.5) is 10.1 Å². The van der Waals surface area contributed by atoms with Gasteiger partial charge in [0.25, 0.3) is 5.91 Å². The van der Waals surface area contributed by atoms with Gasteiger partial charge >= 0.3 is 0 Å². The zero-order valence-electron chi connectivity index (χ0n) is 34.8. The number of Topliss-reactive ketones (excluding diaryl/α,β-unsaturated/α-hetero) is 3. The molecule has 4 fully saturated rings. The van der Waals surface area contributed by atoms with Gasteiger partial charge in [-0.1, -0.05) is 18.6 Å². The number of likely N-dealkylation sites (N-methyl/N-ethyl adjacent to an activating group) is 1. The van der Waals surface area contributed by atoms with Crippen LogP contribution in [0.25, 0.3) is 5.76 Å². The lowest BCUT2D eigenvalue weighted by Gasteiger charge is -2.62. The molecule has 7 aliphatic rings. The summed E-state index contributed by atoms with van der Waals surface area (Å²) in [5.41, 5.74) is -2.97. The SMILES string of the molecule is CN(C)c1ccc(O)c2c1C[C@H]1C[C@H]3[C@H](N(C)C)C(=O)C(C(N)=O)=C(O)[C@@]3(O)C(=O)C1=C2O.C[C@]12C=CC(=O)C=C1CC[C@H]1[C@@H]3C[C@@H](O)[C@](O)(C(=O)CO)[C@@]3(C)C[C@H](O)[C@@]12F. The van der Waals surface area contributed by atoms with E-state index >= 15 is 4.39 Å². The smallest absolute Gasteiger partial charge is 0.255 e. The van der Waals surface area contributed by atoms with Crippen molar-refractivity contribution in [3.05, 3.63) is 64.0 Å². The first-order valence-electron chi connectivity index (χ1n) is 20.3. The molecule has 0 spiro atoms. The summed E-state index contributed by atoms with van der Waals surface area (Å²) >= 11 is 0. The standard InChI is InChI=1S/C23H27N3O7.C21H27FO6/c1-25(2)12-5-6-13(27)15-10(12)7-9-8-11-17(26(3)4)19(29)16(22(24)32)21(31)23(11,33)20(30)14(9)18(15)28;1-18-6-5-12(24)7-11(18)3-4-13-14-8-15(25)21(28,17(27)10-23)19(14,2)9-16(26)20(13,18)22/h5-6,9,11,17,27-28,31,33H,7-8H2,1-4H3,(H2,24,32);5-7,13-16,23,25-26,28H,3-4,8-10H2,1-2H3/t9-,11-,17-,23-;13-,14-,15+,16-,18-,19-,20-,21-/m00/s1. The molecule has 0 bridgehead atoms. The Morgan fingerprint density at radius 1 is 0.951 bits per heavy atom. The van der Waals surface area contributed by atoms with E-state index in [0.29, 0.717) is 24.0 Å². The molecule has 12 atom stereocenters. The third-order valence-corrected chi connectivity index (χ3v) is 15.5. The van der Waals surface area contributed by atoms with Gasteiger partial charge in [0.15, 0.2) is 34.2 Å². The van der Waals surface area contributed by atoms with Gasteiger partial charge in [0.1, 0.15) is 29.4 Å². The van der Waals surface area contributed by atoms with Gasteiger partial charge in [-0.25, -0.2) is 4.39 Å². The van der Waals surface area contributed by atoms with Crippen molar-refractivity contribution in [1.82, 2.24) is 4.90 Å². The highest BCUT2D eigenvalue weighted by Crippen LogP contribution is 2.69. The number of primary amides is 1. The van der Waals surface area contributed by atoms with Gasteiger partial charge in [0.05, 0.1) is 23.8 Å². The van der Waals surface area contributed by atoms with E-state index in [2.05, 4.69) is 0 Å². The van der Waals surface area contributed by atoms with Crippen LogP contribution in [0.5, 0.6) is 5.75 Å². The number of benzene rings is 1. The van der Waals surface area contributed by atoms with Crippen LogP contribution in [0.1, 0.15) is 57.1 Å². The summed E-state index contributed by atoms with van der Waals surface area (Å²) in [6.07, 6.45) is 2.25. The molecule has 0 heterocycles. The van der Waals surface area contributed by atoms with Crippen LogP contribution in [0, 0.1) is 34.5 Å². The number of amides is 1. The minimum atomic E-state index is -2.63. The average Bonchev–Trinajstić information content (AvgIpc) is 3.37. The van der Waals surface area contributed by atoms with Crippen molar-refractivity contribution in [2.75, 3.05) is 39.7 Å². The molecular formula is C44H54FN3O13. The zero-order valence-corrected chi connectivity index (χ0v) is 34.8. The van der Waals surface area contributed by atoms with Crippen molar-refractivity contribution in [3.63, 3.8) is 0 Å². The van der Waals surface area contributed by atoms with E-state index in [1.54, 1.807) is 34.0 Å². The molecule has 330 valence electrons. The van der Waals surface area contributed by atoms with Gasteiger partial charge in [-0.05, 0) is 101 Å². The third kappa shape index (κ3) is 5.66. The van der Waals surface area contributed by atoms with Crippen molar-refractivity contribution in [3.8, 4) is 5.75 Å². The molecule has 0 saturated heterocycles. The number of aromatic hydroxyl groups is 1. The molecule has 1 amide bonds. The van der Waals surface area contributed by atoms with Crippen LogP contribution in [-0.4, -0.2) is 145 Å². The Hall–Kier alpha value is -4.78. The fraction of sp³-hybridized carbons (Fsp3) is 0.568. The molecule has 1 aromatic carbocycles. The number of ketones is 4. The number of rotatable bonds is 5. The summed E-state index contributed by atoms with van der Waals surface area (Å²) in [4.78, 5) is 66.2. The average molecular weight is 852 g/mol. The summed E-state index contributed by atoms with van der Waals surface area (Å²) in [5.74, 6) is -8.92. The van der Waals surface area contributed by atoms with Crippen molar-refractivity contribution in [2.45, 2.75) is 87.5 Å². The molecule has 1 aromatic rings. The lowest BCUT2D eigenvalue weighted by Crippen LogP contribution is -2.69. The van der Waals surface area contributed by atoms with Crippen molar-refractivity contribution >= 4 is 40.5 Å². The highest BCUT2D eigenvalue weighted by Gasteiger charge is 2.76. The van der Waals surface area contributed by atoms with E-state index in [4.69, 9.17) is 5.73 Å². The number of aliphatic hydroxyl groups is 7. The number of phenolic OH excluding ortho intramolecular Hbond substituents is 1. The van der Waals surface area contributed by atoms with Crippen LogP contribution in [-0.2, 0) is 30.4 Å². The molecule has 16 nitrogen and oxygen atoms in total. The number of nitrogens with two attached hydrogens (primary N) is 1. The fourth-order valence-corrected chi connectivity index (χ4v) is 12.5. The molecule has 17 heteroatoms. The number of alkyl halides is 1. The van der Waals surface area contributed by atoms with E-state index in [9.17, 15) is 64.8 Å². The molecule has 4 saturated carbocycles. The summed E-state index contributed by atoms with van der Waals surface area (Å²) in [7, 11) is 6.75. The van der Waals surface area contributed by atoms with Gasteiger partial charge in [-0.15, -0.1) is 0 Å². The Labute approximate surface area is 351 Å². The molecule has 0 unspecified atom stereocenters. The minimum absolute atomic E-state index is 0.0135. The van der Waals surface area contributed by atoms with Gasteiger partial charge < -0.3 is 51.5 Å². The molecule has 0 aliphatic heterocycles. The summed E-state index contributed by atoms with van der Waals surface area (Å²) in [6.45, 7) is 2.33. The second kappa shape index (κ2) is 14.4. The number of carbonyl (C=O) groups excluding carboxylic acids is 5. The van der Waals surface area contributed by atoms with E-state index in [1.807, 2.05) is 19.0 Å². The fourth-order valence-electron chi connectivity index (χ4n) is 12.5. The lowest BCUT2D eigenvalue weighted by atomic mass is 9.44. The number of allylic oxidation sites excluding steroid dienone is 4. The maximum atomic E-state index is 16.8. The van der Waals surface area contributed by atoms with E-state index in [-0.39, 0.29) is 48.4 Å². The first kappa shape index (κ1) is 44.3. The second-order valence-corrected chi connectivity index (χ2v) is 18.7. The number of aliphatic hydroxyl groups excluding tert-OH is 5. The summed E-state index contributed by atoms with van der Waals surface area (Å²) < 4.78 is 16.8. The Kier molecular flexibility index (Phi) is 10.4. The third-order valence-electron chi connectivity index (χ3n) is 15.5. The Bertz CT molecular complexity index is 2290. The lowest BCUT2D eigenvalue weighted by molar-refractivity contribution is -0.222.